The molecule has 3 aromatic rings. The fourth-order valence-corrected chi connectivity index (χ4v) is 3.18. The van der Waals surface area contributed by atoms with Gasteiger partial charge in [0.05, 0.1) is 16.5 Å². The van der Waals surface area contributed by atoms with Crippen molar-refractivity contribution in [2.24, 2.45) is 7.05 Å². The molecule has 0 spiro atoms. The summed E-state index contributed by atoms with van der Waals surface area (Å²) in [5.41, 5.74) is -0.216. The second-order valence-electron chi connectivity index (χ2n) is 5.82. The predicted octanol–water partition coefficient (Wildman–Crippen LogP) is 4.16. The number of nitrogens with one attached hydrogen (secondary N) is 1. The number of nitrogens with zero attached hydrogens (tertiary/aromatic N) is 3. The van der Waals surface area contributed by atoms with Gasteiger partial charge in [-0.2, -0.15) is 0 Å². The van der Waals surface area contributed by atoms with Crippen molar-refractivity contribution in [3.05, 3.63) is 59.7 Å². The Bertz CT molecular complexity index is 1040. The lowest BCUT2D eigenvalue weighted by molar-refractivity contribution is -0.115. The highest BCUT2D eigenvalue weighted by molar-refractivity contribution is 8.00. The van der Waals surface area contributed by atoms with E-state index in [0.717, 1.165) is 23.9 Å². The summed E-state index contributed by atoms with van der Waals surface area (Å²) in [4.78, 5) is 12.3. The van der Waals surface area contributed by atoms with Gasteiger partial charge in [-0.15, -0.1) is 10.2 Å². The first kappa shape index (κ1) is 19.9. The molecule has 5 nitrogen and oxygen atoms in total. The van der Waals surface area contributed by atoms with Crippen LogP contribution in [0, 0.1) is 23.3 Å². The molecule has 0 fully saturated rings. The van der Waals surface area contributed by atoms with Gasteiger partial charge in [-0.3, -0.25) is 4.79 Å². The number of rotatable bonds is 5. The molecule has 146 valence electrons. The van der Waals surface area contributed by atoms with Gasteiger partial charge in [-0.1, -0.05) is 23.9 Å². The number of benzene rings is 2. The van der Waals surface area contributed by atoms with Crippen LogP contribution in [-0.2, 0) is 11.8 Å². The lowest BCUT2D eigenvalue weighted by atomic mass is 10.2. The van der Waals surface area contributed by atoms with Gasteiger partial charge in [0.2, 0.25) is 5.91 Å². The number of anilines is 1. The van der Waals surface area contributed by atoms with Crippen LogP contribution in [0.1, 0.15) is 6.92 Å². The third kappa shape index (κ3) is 3.86. The minimum atomic E-state index is -1.67. The van der Waals surface area contributed by atoms with Gasteiger partial charge in [0.25, 0.3) is 0 Å². The summed E-state index contributed by atoms with van der Waals surface area (Å²) in [7, 11) is 1.61. The molecule has 0 saturated heterocycles. The summed E-state index contributed by atoms with van der Waals surface area (Å²) in [6, 6.07) is 7.71. The Morgan fingerprint density at radius 1 is 1.04 bits per heavy atom. The number of aromatic nitrogens is 3. The Hall–Kier alpha value is -2.88. The van der Waals surface area contributed by atoms with Crippen LogP contribution in [0.25, 0.3) is 11.4 Å². The SMILES string of the molecule is C[C@@H](Sc1nnc(-c2ccccc2F)n1C)C(=O)Nc1ccc(F)c(F)c1F. The molecule has 1 aromatic heterocycles. The molecule has 1 atom stereocenters. The highest BCUT2D eigenvalue weighted by atomic mass is 32.2. The molecule has 1 N–H and O–H groups in total. The molecule has 0 saturated carbocycles. The minimum absolute atomic E-state index is 0.255. The Labute approximate surface area is 161 Å². The first-order valence-electron chi connectivity index (χ1n) is 8.05. The van der Waals surface area contributed by atoms with Gasteiger partial charge < -0.3 is 9.88 Å². The largest absolute Gasteiger partial charge is 0.323 e. The Morgan fingerprint density at radius 2 is 1.75 bits per heavy atom. The quantitative estimate of drug-likeness (QED) is 0.390. The lowest BCUT2D eigenvalue weighted by Crippen LogP contribution is -2.23. The fraction of sp³-hybridized carbons (Fsp3) is 0.167. The van der Waals surface area contributed by atoms with E-state index < -0.39 is 40.1 Å². The van der Waals surface area contributed by atoms with Crippen LogP contribution in [0.15, 0.2) is 41.6 Å². The summed E-state index contributed by atoms with van der Waals surface area (Å²) in [5.74, 6) is -5.33. The molecular formula is C18H14F4N4OS. The van der Waals surface area contributed by atoms with E-state index in [0.29, 0.717) is 5.16 Å². The second-order valence-corrected chi connectivity index (χ2v) is 7.13. The molecule has 1 heterocycles. The third-order valence-corrected chi connectivity index (χ3v) is 5.03. The van der Waals surface area contributed by atoms with E-state index in [1.807, 2.05) is 0 Å². The zero-order valence-corrected chi connectivity index (χ0v) is 15.5. The monoisotopic (exact) mass is 410 g/mol. The molecule has 3 rings (SSSR count). The van der Waals surface area contributed by atoms with E-state index in [2.05, 4.69) is 15.5 Å². The van der Waals surface area contributed by atoms with Crippen molar-refractivity contribution >= 4 is 23.4 Å². The summed E-state index contributed by atoms with van der Waals surface area (Å²) >= 11 is 0.997. The molecule has 28 heavy (non-hydrogen) atoms. The molecule has 0 aliphatic rings. The van der Waals surface area contributed by atoms with Gasteiger partial charge in [-0.25, -0.2) is 17.6 Å². The summed E-state index contributed by atoms with van der Waals surface area (Å²) in [6.07, 6.45) is 0. The zero-order chi connectivity index (χ0) is 20.4. The van der Waals surface area contributed by atoms with Gasteiger partial charge in [0.1, 0.15) is 5.82 Å². The number of halogens is 4. The average Bonchev–Trinajstić information content (AvgIpc) is 3.02. The van der Waals surface area contributed by atoms with Gasteiger partial charge in [0.15, 0.2) is 28.4 Å². The summed E-state index contributed by atoms with van der Waals surface area (Å²) < 4.78 is 55.4. The molecule has 10 heteroatoms. The van der Waals surface area contributed by atoms with Gasteiger partial charge >= 0.3 is 0 Å². The Balaban J connectivity index is 1.75. The maximum Gasteiger partial charge on any atom is 0.237 e. The summed E-state index contributed by atoms with van der Waals surface area (Å²) in [6.45, 7) is 1.52. The van der Waals surface area contributed by atoms with Crippen LogP contribution in [0.5, 0.6) is 0 Å². The van der Waals surface area contributed by atoms with Gasteiger partial charge in [-0.05, 0) is 31.2 Å². The molecular weight excluding hydrogens is 396 g/mol. The van der Waals surface area contributed by atoms with Crippen molar-refractivity contribution in [2.45, 2.75) is 17.3 Å². The highest BCUT2D eigenvalue weighted by Crippen LogP contribution is 2.28. The Kier molecular flexibility index (Phi) is 5.68. The third-order valence-electron chi connectivity index (χ3n) is 3.89. The number of hydrogen-bond acceptors (Lipinski definition) is 4. The molecule has 0 radical (unpaired) electrons. The van der Waals surface area contributed by atoms with Crippen molar-refractivity contribution in [3.8, 4) is 11.4 Å². The summed E-state index contributed by atoms with van der Waals surface area (Å²) in [5, 5.41) is 9.66. The van der Waals surface area contributed by atoms with E-state index in [4.69, 9.17) is 0 Å². The number of carbonyl (C=O) groups excluding carboxylic acids is 1. The van der Waals surface area contributed by atoms with Crippen LogP contribution in [0.4, 0.5) is 23.2 Å². The molecule has 0 aliphatic heterocycles. The van der Waals surface area contributed by atoms with Crippen molar-refractivity contribution in [1.82, 2.24) is 14.8 Å². The molecule has 1 amide bonds. The maximum absolute atomic E-state index is 14.0. The Morgan fingerprint density at radius 3 is 2.46 bits per heavy atom. The van der Waals surface area contributed by atoms with Crippen LogP contribution in [-0.4, -0.2) is 25.9 Å². The number of carbonyl (C=O) groups is 1. The van der Waals surface area contributed by atoms with Crippen molar-refractivity contribution < 1.29 is 22.4 Å². The van der Waals surface area contributed by atoms with E-state index in [1.165, 1.54) is 17.6 Å². The maximum atomic E-state index is 14.0. The van der Waals surface area contributed by atoms with E-state index in [-0.39, 0.29) is 11.4 Å². The van der Waals surface area contributed by atoms with Crippen molar-refractivity contribution in [3.63, 3.8) is 0 Å². The van der Waals surface area contributed by atoms with Crippen molar-refractivity contribution in [1.29, 1.82) is 0 Å². The van der Waals surface area contributed by atoms with Gasteiger partial charge in [0, 0.05) is 7.05 Å². The van der Waals surface area contributed by atoms with Crippen molar-refractivity contribution in [2.75, 3.05) is 5.32 Å². The topological polar surface area (TPSA) is 59.8 Å². The predicted molar refractivity (Wildman–Crippen MR) is 96.7 cm³/mol. The van der Waals surface area contributed by atoms with Crippen LogP contribution in [0.2, 0.25) is 0 Å². The van der Waals surface area contributed by atoms with E-state index in [1.54, 1.807) is 25.2 Å². The number of amides is 1. The van der Waals surface area contributed by atoms with Crippen LogP contribution >= 0.6 is 11.8 Å². The second kappa shape index (κ2) is 8.01. The number of hydrogen-bond donors (Lipinski definition) is 1. The molecule has 2 aromatic carbocycles. The molecule has 0 bridgehead atoms. The number of thioether (sulfide) groups is 1. The zero-order valence-electron chi connectivity index (χ0n) is 14.7. The van der Waals surface area contributed by atoms with E-state index >= 15 is 0 Å². The smallest absolute Gasteiger partial charge is 0.237 e. The molecule has 0 unspecified atom stereocenters. The normalized spacial score (nSPS) is 12.1. The highest BCUT2D eigenvalue weighted by Gasteiger charge is 2.22. The van der Waals surface area contributed by atoms with Crippen LogP contribution < -0.4 is 5.32 Å². The standard InChI is InChI=1S/C18H14F4N4OS/c1-9(17(27)23-13-8-7-12(20)14(21)15(13)22)28-18-25-24-16(26(18)2)10-5-3-4-6-11(10)19/h3-9H,1-2H3,(H,23,27)/t9-/m1/s1. The minimum Gasteiger partial charge on any atom is -0.323 e. The average molecular weight is 410 g/mol. The van der Waals surface area contributed by atoms with Crippen LogP contribution in [0.3, 0.4) is 0 Å². The fourth-order valence-electron chi connectivity index (χ4n) is 2.36. The first-order valence-corrected chi connectivity index (χ1v) is 8.93. The lowest BCUT2D eigenvalue weighted by Gasteiger charge is -2.12. The van der Waals surface area contributed by atoms with E-state index in [9.17, 15) is 22.4 Å². The molecule has 0 aliphatic carbocycles. The first-order chi connectivity index (χ1) is 13.3.